The Kier molecular flexibility index (Phi) is 9.52. The lowest BCUT2D eigenvalue weighted by molar-refractivity contribution is -0.127. The molecular formula is C34H38N4O7S. The molecule has 242 valence electrons. The molecule has 0 bridgehead atoms. The number of phenolic OH excluding ortho intramolecular Hbond substituents is 1. The molecule has 4 aromatic rings. The molecule has 1 spiro atoms. The number of likely N-dealkylation sites (tertiary alicyclic amines) is 1. The summed E-state index contributed by atoms with van der Waals surface area (Å²) in [5.41, 5.74) is 2.69. The molecule has 2 aliphatic heterocycles. The molecule has 2 aromatic heterocycles. The molecule has 2 aromatic carbocycles. The lowest BCUT2D eigenvalue weighted by Gasteiger charge is -2.47. The monoisotopic (exact) mass is 646 g/mol. The van der Waals surface area contributed by atoms with E-state index in [9.17, 15) is 29.7 Å². The molecule has 46 heavy (non-hydrogen) atoms. The number of nitrogens with one attached hydrogen (secondary N) is 2. The number of hydrogen-bond donors (Lipinski definition) is 5. The summed E-state index contributed by atoms with van der Waals surface area (Å²) in [6.45, 7) is 5.03. The number of hydrogen-bond acceptors (Lipinski definition) is 9. The number of aliphatic hydroxyl groups is 1. The van der Waals surface area contributed by atoms with Gasteiger partial charge in [0.25, 0.3) is 5.91 Å². The number of phenols is 1. The molecule has 11 nitrogen and oxygen atoms in total. The number of rotatable bonds is 10. The number of H-pyrrole nitrogens is 1. The first kappa shape index (κ1) is 31.9. The van der Waals surface area contributed by atoms with E-state index in [1.807, 2.05) is 4.90 Å². The SMILES string of the molecule is O=C(O)c1ccc(C(=O)N2CCOC3(CCN(Cc4cccc(CCNCC(O)c5ccc(O)c6[nH]c(=O)ccc56)c4)CC3)C2)s1. The first-order valence-corrected chi connectivity index (χ1v) is 16.3. The minimum atomic E-state index is -1.02. The van der Waals surface area contributed by atoms with Crippen LogP contribution in [0.15, 0.2) is 65.5 Å². The van der Waals surface area contributed by atoms with Crippen molar-refractivity contribution in [1.82, 2.24) is 20.1 Å². The zero-order valence-corrected chi connectivity index (χ0v) is 26.2. The van der Waals surface area contributed by atoms with Gasteiger partial charge in [0.1, 0.15) is 10.6 Å². The summed E-state index contributed by atoms with van der Waals surface area (Å²) < 4.78 is 6.25. The Morgan fingerprint density at radius 3 is 2.59 bits per heavy atom. The highest BCUT2D eigenvalue weighted by atomic mass is 32.1. The molecule has 0 aliphatic carbocycles. The second-order valence-electron chi connectivity index (χ2n) is 12.1. The highest BCUT2D eigenvalue weighted by molar-refractivity contribution is 7.15. The number of aliphatic hydroxyl groups excluding tert-OH is 1. The number of amides is 1. The number of carboxylic acids is 1. The van der Waals surface area contributed by atoms with Gasteiger partial charge in [-0.15, -0.1) is 11.3 Å². The summed E-state index contributed by atoms with van der Waals surface area (Å²) in [5.74, 6) is -1.18. The fourth-order valence-corrected chi connectivity index (χ4v) is 7.25. The number of thiophene rings is 1. The normalized spacial score (nSPS) is 17.4. The topological polar surface area (TPSA) is 155 Å². The maximum atomic E-state index is 13.1. The molecule has 1 atom stereocenters. The fourth-order valence-electron chi connectivity index (χ4n) is 6.44. The summed E-state index contributed by atoms with van der Waals surface area (Å²) >= 11 is 1.02. The average Bonchev–Trinajstić information content (AvgIpc) is 3.56. The van der Waals surface area contributed by atoms with Crippen LogP contribution in [0.3, 0.4) is 0 Å². The Hall–Kier alpha value is -4.07. The van der Waals surface area contributed by atoms with E-state index in [0.717, 1.165) is 50.2 Å². The van der Waals surface area contributed by atoms with Crippen molar-refractivity contribution >= 4 is 34.1 Å². The van der Waals surface area contributed by atoms with Gasteiger partial charge in [0.2, 0.25) is 5.56 Å². The predicted molar refractivity (Wildman–Crippen MR) is 175 cm³/mol. The van der Waals surface area contributed by atoms with Crippen LogP contribution in [0.2, 0.25) is 0 Å². The molecule has 6 rings (SSSR count). The van der Waals surface area contributed by atoms with Crippen LogP contribution in [0.1, 0.15) is 55.0 Å². The van der Waals surface area contributed by atoms with E-state index < -0.39 is 12.1 Å². The summed E-state index contributed by atoms with van der Waals surface area (Å²) in [6, 6.07) is 17.8. The Bertz CT molecular complexity index is 1780. The molecule has 0 radical (unpaired) electrons. The smallest absolute Gasteiger partial charge is 0.345 e. The first-order valence-electron chi connectivity index (χ1n) is 15.5. The van der Waals surface area contributed by atoms with Crippen LogP contribution < -0.4 is 10.9 Å². The van der Waals surface area contributed by atoms with Crippen LogP contribution in [0.5, 0.6) is 5.75 Å². The van der Waals surface area contributed by atoms with Gasteiger partial charge in [-0.3, -0.25) is 14.5 Å². The third kappa shape index (κ3) is 7.16. The number of piperidine rings is 1. The average molecular weight is 647 g/mol. The zero-order valence-electron chi connectivity index (χ0n) is 25.4. The first-order chi connectivity index (χ1) is 22.2. The second kappa shape index (κ2) is 13.7. The third-order valence-electron chi connectivity index (χ3n) is 8.92. The van der Waals surface area contributed by atoms with Crippen LogP contribution in [0.4, 0.5) is 0 Å². The molecule has 4 heterocycles. The number of ether oxygens (including phenoxy) is 1. The number of carbonyl (C=O) groups is 2. The third-order valence-corrected chi connectivity index (χ3v) is 9.98. The van der Waals surface area contributed by atoms with Gasteiger partial charge in [0, 0.05) is 44.2 Å². The van der Waals surface area contributed by atoms with E-state index in [0.29, 0.717) is 54.1 Å². The van der Waals surface area contributed by atoms with Gasteiger partial charge in [-0.1, -0.05) is 30.3 Å². The highest BCUT2D eigenvalue weighted by Gasteiger charge is 2.41. The molecule has 0 saturated carbocycles. The van der Waals surface area contributed by atoms with Gasteiger partial charge in [-0.25, -0.2) is 4.79 Å². The maximum absolute atomic E-state index is 13.1. The van der Waals surface area contributed by atoms with Crippen molar-refractivity contribution in [3.63, 3.8) is 0 Å². The van der Waals surface area contributed by atoms with Crippen LogP contribution in [-0.4, -0.2) is 93.5 Å². The van der Waals surface area contributed by atoms with Crippen LogP contribution in [0, 0.1) is 0 Å². The summed E-state index contributed by atoms with van der Waals surface area (Å²) in [6.07, 6.45) is 1.63. The minimum Gasteiger partial charge on any atom is -0.506 e. The van der Waals surface area contributed by atoms with Crippen molar-refractivity contribution in [1.29, 1.82) is 0 Å². The van der Waals surface area contributed by atoms with Gasteiger partial charge in [0.15, 0.2) is 0 Å². The lowest BCUT2D eigenvalue weighted by atomic mass is 9.89. The van der Waals surface area contributed by atoms with Crippen molar-refractivity contribution in [2.24, 2.45) is 0 Å². The number of aromatic amines is 1. The molecule has 2 fully saturated rings. The fraction of sp³-hybridized carbons (Fsp3) is 0.382. The lowest BCUT2D eigenvalue weighted by Crippen LogP contribution is -2.57. The number of carboxylic acid groups (broad SMARTS) is 1. The van der Waals surface area contributed by atoms with E-state index in [1.54, 1.807) is 18.2 Å². The van der Waals surface area contributed by atoms with E-state index in [-0.39, 0.29) is 27.7 Å². The summed E-state index contributed by atoms with van der Waals surface area (Å²) in [4.78, 5) is 43.5. The van der Waals surface area contributed by atoms with Gasteiger partial charge in [-0.05, 0) is 66.8 Å². The Morgan fingerprint density at radius 1 is 1.02 bits per heavy atom. The molecule has 2 aliphatic rings. The van der Waals surface area contributed by atoms with Crippen LogP contribution in [0.25, 0.3) is 10.9 Å². The van der Waals surface area contributed by atoms with Gasteiger partial charge >= 0.3 is 5.97 Å². The van der Waals surface area contributed by atoms with Crippen molar-refractivity contribution in [2.45, 2.75) is 37.5 Å². The second-order valence-corrected chi connectivity index (χ2v) is 13.2. The number of aromatic nitrogens is 1. The standard InChI is InChI=1S/C34H38N4O7S/c39-26-6-4-24(25-5-9-30(41)36-31(25)26)27(40)19-35-13-10-22-2-1-3-23(18-22)20-37-14-11-34(12-15-37)21-38(16-17-45-34)32(42)28-7-8-29(46-28)33(43)44/h1-9,18,27,35,39-40H,10-17,19-21H2,(H,36,41)(H,43,44). The predicted octanol–water partition coefficient (Wildman–Crippen LogP) is 3.37. The van der Waals surface area contributed by atoms with Crippen molar-refractivity contribution in [3.8, 4) is 5.75 Å². The number of morpholine rings is 1. The van der Waals surface area contributed by atoms with Gasteiger partial charge in [-0.2, -0.15) is 0 Å². The van der Waals surface area contributed by atoms with Crippen molar-refractivity contribution < 1.29 is 29.6 Å². The largest absolute Gasteiger partial charge is 0.506 e. The number of aromatic hydroxyl groups is 1. The van der Waals surface area contributed by atoms with Crippen molar-refractivity contribution in [2.75, 3.05) is 45.9 Å². The minimum absolute atomic E-state index is 0.0326. The number of aromatic carboxylic acids is 1. The van der Waals surface area contributed by atoms with Gasteiger partial charge in [0.05, 0.1) is 35.3 Å². The Labute approximate surface area is 270 Å². The highest BCUT2D eigenvalue weighted by Crippen LogP contribution is 2.32. The van der Waals surface area contributed by atoms with Gasteiger partial charge < -0.3 is 35.3 Å². The molecule has 1 amide bonds. The molecule has 2 saturated heterocycles. The summed E-state index contributed by atoms with van der Waals surface area (Å²) in [5, 5.41) is 34.1. The zero-order chi connectivity index (χ0) is 32.3. The van der Waals surface area contributed by atoms with E-state index in [4.69, 9.17) is 4.74 Å². The van der Waals surface area contributed by atoms with E-state index >= 15 is 0 Å². The molecule has 5 N–H and O–H groups in total. The van der Waals surface area contributed by atoms with E-state index in [2.05, 4.69) is 39.5 Å². The number of pyridine rings is 1. The molecule has 1 unspecified atom stereocenters. The quantitative estimate of drug-likeness (QED) is 0.163. The molecule has 12 heteroatoms. The number of nitrogens with zero attached hydrogens (tertiary/aromatic N) is 2. The number of fused-ring (bicyclic) bond motifs is 1. The van der Waals surface area contributed by atoms with Crippen LogP contribution >= 0.6 is 11.3 Å². The Morgan fingerprint density at radius 2 is 1.80 bits per heavy atom. The van der Waals surface area contributed by atoms with E-state index in [1.165, 1.54) is 29.3 Å². The van der Waals surface area contributed by atoms with Crippen molar-refractivity contribution in [3.05, 3.63) is 97.5 Å². The Balaban J connectivity index is 0.972. The molecular weight excluding hydrogens is 608 g/mol. The summed E-state index contributed by atoms with van der Waals surface area (Å²) in [7, 11) is 0. The maximum Gasteiger partial charge on any atom is 0.345 e. The number of carbonyl (C=O) groups excluding carboxylic acids is 1. The number of benzene rings is 2. The van der Waals surface area contributed by atoms with Crippen LogP contribution in [-0.2, 0) is 17.7 Å².